The summed E-state index contributed by atoms with van der Waals surface area (Å²) in [6.45, 7) is 2.16. The highest BCUT2D eigenvalue weighted by Gasteiger charge is 2.16. The van der Waals surface area contributed by atoms with E-state index >= 15 is 0 Å². The topological polar surface area (TPSA) is 66.5 Å². The molecule has 0 radical (unpaired) electrons. The zero-order chi connectivity index (χ0) is 18.2. The van der Waals surface area contributed by atoms with Crippen LogP contribution in [0.5, 0.6) is 0 Å². The van der Waals surface area contributed by atoms with Gasteiger partial charge in [0, 0.05) is 22.4 Å². The van der Waals surface area contributed by atoms with Crippen LogP contribution in [-0.4, -0.2) is 20.2 Å². The van der Waals surface area contributed by atoms with Gasteiger partial charge >= 0.3 is 0 Å². The zero-order valence-corrected chi connectivity index (χ0v) is 15.5. The van der Waals surface area contributed by atoms with E-state index < -0.39 is 0 Å². The molecule has 1 unspecified atom stereocenters. The lowest BCUT2D eigenvalue weighted by molar-refractivity contribution is 0.879. The monoisotopic (exact) mass is 371 g/mol. The third-order valence-electron chi connectivity index (χ3n) is 4.75. The van der Waals surface area contributed by atoms with Crippen LogP contribution >= 0.6 is 11.3 Å². The van der Waals surface area contributed by atoms with Gasteiger partial charge in [0.2, 0.25) is 0 Å². The van der Waals surface area contributed by atoms with Crippen LogP contribution in [0.25, 0.3) is 32.4 Å². The van der Waals surface area contributed by atoms with Gasteiger partial charge in [-0.05, 0) is 30.0 Å². The highest BCUT2D eigenvalue weighted by molar-refractivity contribution is 7.18. The zero-order valence-electron chi connectivity index (χ0n) is 14.7. The minimum absolute atomic E-state index is 0.152. The fraction of sp³-hybridized carbons (Fsp3) is 0.0952. The Balaban J connectivity index is 1.69. The number of aromatic amines is 1. The Kier molecular flexibility index (Phi) is 3.83. The van der Waals surface area contributed by atoms with Crippen LogP contribution in [0.3, 0.4) is 0 Å². The molecule has 2 N–H and O–H groups in total. The molecular formula is C21H17N5S. The highest BCUT2D eigenvalue weighted by atomic mass is 32.1. The smallest absolute Gasteiger partial charge is 0.157 e. The summed E-state index contributed by atoms with van der Waals surface area (Å²) >= 11 is 1.71. The lowest BCUT2D eigenvalue weighted by Gasteiger charge is -2.17. The van der Waals surface area contributed by atoms with Crippen LogP contribution < -0.4 is 5.32 Å². The number of hydrogen-bond donors (Lipinski definition) is 2. The summed E-state index contributed by atoms with van der Waals surface area (Å²) in [5.74, 6) is 1.63. The number of nitrogens with zero attached hydrogens (tertiary/aromatic N) is 3. The molecule has 5 nitrogen and oxygen atoms in total. The second-order valence-corrected chi connectivity index (χ2v) is 7.35. The van der Waals surface area contributed by atoms with Gasteiger partial charge in [-0.15, -0.1) is 11.3 Å². The van der Waals surface area contributed by atoms with Crippen molar-refractivity contribution in [1.82, 2.24) is 20.2 Å². The summed E-state index contributed by atoms with van der Waals surface area (Å²) in [5, 5.41) is 15.0. The molecule has 3 heterocycles. The van der Waals surface area contributed by atoms with E-state index in [0.29, 0.717) is 0 Å². The van der Waals surface area contributed by atoms with Crippen LogP contribution in [0.1, 0.15) is 18.5 Å². The van der Waals surface area contributed by atoms with Crippen LogP contribution in [0.2, 0.25) is 0 Å². The number of nitrogens with one attached hydrogen (secondary N) is 2. The number of thiophene rings is 1. The van der Waals surface area contributed by atoms with E-state index in [4.69, 9.17) is 4.98 Å². The SMILES string of the molecule is CC(Nc1nc2c(-c3ncn[nH]3)cccc2c2ccsc12)c1ccccc1. The number of pyridine rings is 1. The van der Waals surface area contributed by atoms with Crippen molar-refractivity contribution in [1.29, 1.82) is 0 Å². The lowest BCUT2D eigenvalue weighted by Crippen LogP contribution is -2.08. The predicted octanol–water partition coefficient (Wildman–Crippen LogP) is 5.41. The molecule has 0 bridgehead atoms. The fourth-order valence-electron chi connectivity index (χ4n) is 3.40. The number of hydrogen-bond acceptors (Lipinski definition) is 5. The van der Waals surface area contributed by atoms with Crippen molar-refractivity contribution in [2.24, 2.45) is 0 Å². The summed E-state index contributed by atoms with van der Waals surface area (Å²) < 4.78 is 1.17. The molecule has 0 aliphatic heterocycles. The molecule has 0 amide bonds. The predicted molar refractivity (Wildman–Crippen MR) is 111 cm³/mol. The van der Waals surface area contributed by atoms with Crippen molar-refractivity contribution in [2.45, 2.75) is 13.0 Å². The Labute approximate surface area is 160 Å². The van der Waals surface area contributed by atoms with Crippen LogP contribution in [0.4, 0.5) is 5.82 Å². The maximum atomic E-state index is 5.01. The standard InChI is InChI=1S/C21H17N5S/c1-13(14-6-3-2-4-7-14)24-21-19-16(10-11-27-19)15-8-5-9-17(18(15)25-21)20-22-12-23-26-20/h2-13H,1H3,(H,24,25)(H,22,23,26). The van der Waals surface area contributed by atoms with Gasteiger partial charge < -0.3 is 5.32 Å². The lowest BCUT2D eigenvalue weighted by atomic mass is 10.1. The van der Waals surface area contributed by atoms with Crippen molar-refractivity contribution in [3.8, 4) is 11.4 Å². The van der Waals surface area contributed by atoms with Crippen LogP contribution in [-0.2, 0) is 0 Å². The fourth-order valence-corrected chi connectivity index (χ4v) is 4.26. The number of benzene rings is 2. The van der Waals surface area contributed by atoms with Gasteiger partial charge in [0.25, 0.3) is 0 Å². The number of H-pyrrole nitrogens is 1. The second-order valence-electron chi connectivity index (χ2n) is 6.44. The summed E-state index contributed by atoms with van der Waals surface area (Å²) in [5.41, 5.74) is 3.10. The molecule has 5 rings (SSSR count). The van der Waals surface area contributed by atoms with Crippen molar-refractivity contribution in [3.05, 3.63) is 71.9 Å². The summed E-state index contributed by atoms with van der Waals surface area (Å²) in [6, 6.07) is 18.9. The Morgan fingerprint density at radius 1 is 1.00 bits per heavy atom. The molecule has 5 aromatic rings. The Morgan fingerprint density at radius 3 is 2.70 bits per heavy atom. The Hall–Kier alpha value is -3.25. The first-order chi connectivity index (χ1) is 13.3. The van der Waals surface area contributed by atoms with Gasteiger partial charge in [0.15, 0.2) is 5.82 Å². The summed E-state index contributed by atoms with van der Waals surface area (Å²) in [6.07, 6.45) is 1.52. The maximum Gasteiger partial charge on any atom is 0.157 e. The van der Waals surface area contributed by atoms with E-state index in [1.807, 2.05) is 18.2 Å². The van der Waals surface area contributed by atoms with Gasteiger partial charge in [-0.2, -0.15) is 5.10 Å². The third kappa shape index (κ3) is 2.74. The normalized spacial score (nSPS) is 12.5. The average Bonchev–Trinajstić information content (AvgIpc) is 3.40. The number of rotatable bonds is 4. The molecule has 0 saturated heterocycles. The molecule has 6 heteroatoms. The van der Waals surface area contributed by atoms with Gasteiger partial charge in [-0.25, -0.2) is 9.97 Å². The number of aromatic nitrogens is 4. The first-order valence-corrected chi connectivity index (χ1v) is 9.66. The van der Waals surface area contributed by atoms with E-state index in [2.05, 4.69) is 69.2 Å². The second kappa shape index (κ2) is 6.48. The van der Waals surface area contributed by atoms with Gasteiger partial charge in [-0.3, -0.25) is 5.10 Å². The van der Waals surface area contributed by atoms with E-state index in [9.17, 15) is 0 Å². The summed E-state index contributed by atoms with van der Waals surface area (Å²) in [4.78, 5) is 9.33. The van der Waals surface area contributed by atoms with Crippen molar-refractivity contribution >= 4 is 38.1 Å². The van der Waals surface area contributed by atoms with Crippen molar-refractivity contribution in [2.75, 3.05) is 5.32 Å². The van der Waals surface area contributed by atoms with E-state index in [1.54, 1.807) is 11.3 Å². The highest BCUT2D eigenvalue weighted by Crippen LogP contribution is 2.37. The molecule has 132 valence electrons. The Morgan fingerprint density at radius 2 is 1.89 bits per heavy atom. The number of anilines is 1. The molecule has 0 spiro atoms. The minimum Gasteiger partial charge on any atom is -0.362 e. The molecule has 0 saturated carbocycles. The van der Waals surface area contributed by atoms with E-state index in [-0.39, 0.29) is 6.04 Å². The van der Waals surface area contributed by atoms with Gasteiger partial charge in [0.1, 0.15) is 12.1 Å². The van der Waals surface area contributed by atoms with Crippen LogP contribution in [0.15, 0.2) is 66.3 Å². The minimum atomic E-state index is 0.152. The average molecular weight is 371 g/mol. The molecule has 27 heavy (non-hydrogen) atoms. The van der Waals surface area contributed by atoms with E-state index in [1.165, 1.54) is 22.0 Å². The molecular weight excluding hydrogens is 354 g/mol. The van der Waals surface area contributed by atoms with E-state index in [0.717, 1.165) is 28.1 Å². The maximum absolute atomic E-state index is 5.01. The largest absolute Gasteiger partial charge is 0.362 e. The molecule has 1 atom stereocenters. The number of para-hydroxylation sites is 1. The van der Waals surface area contributed by atoms with Gasteiger partial charge in [-0.1, -0.05) is 42.5 Å². The molecule has 3 aromatic heterocycles. The number of fused-ring (bicyclic) bond motifs is 3. The molecule has 2 aromatic carbocycles. The van der Waals surface area contributed by atoms with Gasteiger partial charge in [0.05, 0.1) is 10.2 Å². The molecule has 0 aliphatic carbocycles. The first-order valence-electron chi connectivity index (χ1n) is 8.78. The molecule has 0 fully saturated rings. The third-order valence-corrected chi connectivity index (χ3v) is 5.67. The molecule has 0 aliphatic rings. The summed E-state index contributed by atoms with van der Waals surface area (Å²) in [7, 11) is 0. The van der Waals surface area contributed by atoms with Crippen molar-refractivity contribution in [3.63, 3.8) is 0 Å². The van der Waals surface area contributed by atoms with Crippen LogP contribution in [0, 0.1) is 0 Å². The first kappa shape index (κ1) is 16.0. The quantitative estimate of drug-likeness (QED) is 0.443. The van der Waals surface area contributed by atoms with Crippen molar-refractivity contribution < 1.29 is 0 Å². The Bertz CT molecular complexity index is 1210.